The largest absolute Gasteiger partial charge is 0.496 e. The Labute approximate surface area is 155 Å². The van der Waals surface area contributed by atoms with Crippen LogP contribution in [-0.4, -0.2) is 32.8 Å². The monoisotopic (exact) mass is 357 g/mol. The Morgan fingerprint density at radius 2 is 1.58 bits per heavy atom. The number of carbonyl (C=O) groups excluding carboxylic acids is 1. The van der Waals surface area contributed by atoms with Gasteiger partial charge in [-0.3, -0.25) is 4.79 Å². The molecule has 1 amide bonds. The van der Waals surface area contributed by atoms with Crippen LogP contribution in [0.2, 0.25) is 0 Å². The molecule has 26 heavy (non-hydrogen) atoms. The van der Waals surface area contributed by atoms with Crippen LogP contribution in [0.15, 0.2) is 48.5 Å². The summed E-state index contributed by atoms with van der Waals surface area (Å²) in [4.78, 5) is 12.4. The second-order valence-electron chi connectivity index (χ2n) is 5.87. The Kier molecular flexibility index (Phi) is 7.80. The third kappa shape index (κ3) is 5.41. The summed E-state index contributed by atoms with van der Waals surface area (Å²) in [6, 6.07) is 15.3. The summed E-state index contributed by atoms with van der Waals surface area (Å²) in [6.07, 6.45) is 1.71. The van der Waals surface area contributed by atoms with Crippen molar-refractivity contribution in [3.63, 3.8) is 0 Å². The van der Waals surface area contributed by atoms with Crippen LogP contribution in [0.5, 0.6) is 17.2 Å². The van der Waals surface area contributed by atoms with Gasteiger partial charge in [-0.05, 0) is 43.0 Å². The molecule has 0 heterocycles. The molecule has 0 fully saturated rings. The van der Waals surface area contributed by atoms with E-state index in [4.69, 9.17) is 14.2 Å². The maximum absolute atomic E-state index is 12.4. The van der Waals surface area contributed by atoms with Crippen LogP contribution < -0.4 is 19.5 Å². The smallest absolute Gasteiger partial charge is 0.261 e. The third-order valence-electron chi connectivity index (χ3n) is 4.12. The van der Waals surface area contributed by atoms with Gasteiger partial charge in [-0.1, -0.05) is 37.3 Å². The first-order chi connectivity index (χ1) is 12.7. The average molecular weight is 357 g/mol. The highest BCUT2D eigenvalue weighted by Gasteiger charge is 2.19. The normalized spacial score (nSPS) is 11.5. The van der Waals surface area contributed by atoms with Crippen molar-refractivity contribution >= 4 is 5.91 Å². The number of hydrogen-bond acceptors (Lipinski definition) is 4. The molecule has 2 rings (SSSR count). The zero-order valence-electron chi connectivity index (χ0n) is 15.7. The molecule has 2 aromatic carbocycles. The molecule has 5 nitrogen and oxygen atoms in total. The minimum atomic E-state index is -0.544. The van der Waals surface area contributed by atoms with Gasteiger partial charge in [0.05, 0.1) is 14.2 Å². The van der Waals surface area contributed by atoms with Gasteiger partial charge in [0, 0.05) is 6.54 Å². The first-order valence-electron chi connectivity index (χ1n) is 8.88. The van der Waals surface area contributed by atoms with Crippen molar-refractivity contribution in [3.05, 3.63) is 54.1 Å². The van der Waals surface area contributed by atoms with Gasteiger partial charge in [0.25, 0.3) is 5.91 Å². The number of amides is 1. The van der Waals surface area contributed by atoms with E-state index in [9.17, 15) is 4.79 Å². The minimum Gasteiger partial charge on any atom is -0.496 e. The van der Waals surface area contributed by atoms with Crippen LogP contribution in [-0.2, 0) is 11.2 Å². The summed E-state index contributed by atoms with van der Waals surface area (Å²) >= 11 is 0. The van der Waals surface area contributed by atoms with Gasteiger partial charge in [0.2, 0.25) is 0 Å². The number of hydrogen-bond donors (Lipinski definition) is 1. The lowest BCUT2D eigenvalue weighted by atomic mass is 10.1. The standard InChI is InChI=1S/C21H27NO4/c1-4-17(26-20-14-8-7-13-19(20)25-3)21(23)22-15-9-11-16-10-5-6-12-18(16)24-2/h5-8,10,12-14,17H,4,9,11,15H2,1-3H3,(H,22,23)/t17-/m0/s1. The lowest BCUT2D eigenvalue weighted by Crippen LogP contribution is -2.38. The molecule has 0 bridgehead atoms. The molecular formula is C21H27NO4. The van der Waals surface area contributed by atoms with Gasteiger partial charge in [0.15, 0.2) is 17.6 Å². The molecule has 0 saturated heterocycles. The Morgan fingerprint density at radius 3 is 2.23 bits per heavy atom. The Hall–Kier alpha value is -2.69. The molecule has 1 N–H and O–H groups in total. The zero-order valence-corrected chi connectivity index (χ0v) is 15.7. The van der Waals surface area contributed by atoms with Gasteiger partial charge in [-0.25, -0.2) is 0 Å². The van der Waals surface area contributed by atoms with Gasteiger partial charge in [-0.2, -0.15) is 0 Å². The topological polar surface area (TPSA) is 56.8 Å². The summed E-state index contributed by atoms with van der Waals surface area (Å²) in [7, 11) is 3.25. The van der Waals surface area contributed by atoms with E-state index in [-0.39, 0.29) is 5.91 Å². The van der Waals surface area contributed by atoms with Crippen molar-refractivity contribution in [2.75, 3.05) is 20.8 Å². The number of aryl methyl sites for hydroxylation is 1. The van der Waals surface area contributed by atoms with E-state index < -0.39 is 6.10 Å². The molecule has 0 spiro atoms. The van der Waals surface area contributed by atoms with Gasteiger partial charge in [0.1, 0.15) is 5.75 Å². The van der Waals surface area contributed by atoms with Gasteiger partial charge >= 0.3 is 0 Å². The van der Waals surface area contributed by atoms with E-state index in [0.29, 0.717) is 24.5 Å². The minimum absolute atomic E-state index is 0.113. The Bertz CT molecular complexity index is 702. The second kappa shape index (κ2) is 10.3. The van der Waals surface area contributed by atoms with Crippen LogP contribution in [0.3, 0.4) is 0 Å². The fourth-order valence-electron chi connectivity index (χ4n) is 2.71. The van der Waals surface area contributed by atoms with Crippen LogP contribution in [0.4, 0.5) is 0 Å². The maximum atomic E-state index is 12.4. The number of benzene rings is 2. The summed E-state index contributed by atoms with van der Waals surface area (Å²) in [5, 5.41) is 2.95. The van der Waals surface area contributed by atoms with E-state index in [0.717, 1.165) is 24.2 Å². The average Bonchev–Trinajstić information content (AvgIpc) is 2.69. The quantitative estimate of drug-likeness (QED) is 0.660. The molecule has 1 atom stereocenters. The van der Waals surface area contributed by atoms with Crippen molar-refractivity contribution in [1.29, 1.82) is 0 Å². The van der Waals surface area contributed by atoms with Crippen molar-refractivity contribution < 1.29 is 19.0 Å². The zero-order chi connectivity index (χ0) is 18.8. The number of para-hydroxylation sites is 3. The summed E-state index contributed by atoms with van der Waals surface area (Å²) in [6.45, 7) is 2.51. The number of ether oxygens (including phenoxy) is 3. The highest BCUT2D eigenvalue weighted by molar-refractivity contribution is 5.81. The number of rotatable bonds is 10. The highest BCUT2D eigenvalue weighted by atomic mass is 16.5. The Balaban J connectivity index is 1.83. The van der Waals surface area contributed by atoms with Gasteiger partial charge in [-0.15, -0.1) is 0 Å². The molecule has 0 unspecified atom stereocenters. The molecule has 0 saturated carbocycles. The van der Waals surface area contributed by atoms with E-state index in [1.807, 2.05) is 49.4 Å². The van der Waals surface area contributed by atoms with Gasteiger partial charge < -0.3 is 19.5 Å². The summed E-state index contributed by atoms with van der Waals surface area (Å²) in [5.74, 6) is 1.96. The molecule has 2 aromatic rings. The van der Waals surface area contributed by atoms with Crippen LogP contribution in [0, 0.1) is 0 Å². The Morgan fingerprint density at radius 1 is 0.962 bits per heavy atom. The first kappa shape index (κ1) is 19.6. The number of nitrogens with one attached hydrogen (secondary N) is 1. The van der Waals surface area contributed by atoms with E-state index in [1.165, 1.54) is 0 Å². The van der Waals surface area contributed by atoms with E-state index >= 15 is 0 Å². The summed E-state index contributed by atoms with van der Waals surface area (Å²) in [5.41, 5.74) is 1.14. The van der Waals surface area contributed by atoms with Crippen molar-refractivity contribution in [3.8, 4) is 17.2 Å². The number of carbonyl (C=O) groups is 1. The van der Waals surface area contributed by atoms with Crippen molar-refractivity contribution in [2.24, 2.45) is 0 Å². The van der Waals surface area contributed by atoms with E-state index in [2.05, 4.69) is 5.32 Å². The van der Waals surface area contributed by atoms with Crippen LogP contribution in [0.25, 0.3) is 0 Å². The molecule has 5 heteroatoms. The van der Waals surface area contributed by atoms with Crippen molar-refractivity contribution in [1.82, 2.24) is 5.32 Å². The molecule has 0 aliphatic carbocycles. The molecule has 0 radical (unpaired) electrons. The lowest BCUT2D eigenvalue weighted by Gasteiger charge is -2.19. The molecule has 0 aliphatic heterocycles. The predicted octanol–water partition coefficient (Wildman–Crippen LogP) is 3.61. The fourth-order valence-corrected chi connectivity index (χ4v) is 2.71. The first-order valence-corrected chi connectivity index (χ1v) is 8.88. The molecule has 0 aliphatic rings. The molecule has 140 valence electrons. The SMILES string of the molecule is CC[C@H](Oc1ccccc1OC)C(=O)NCCCc1ccccc1OC. The molecular weight excluding hydrogens is 330 g/mol. The van der Waals surface area contributed by atoms with Crippen molar-refractivity contribution in [2.45, 2.75) is 32.3 Å². The lowest BCUT2D eigenvalue weighted by molar-refractivity contribution is -0.128. The van der Waals surface area contributed by atoms with Crippen LogP contribution in [0.1, 0.15) is 25.3 Å². The maximum Gasteiger partial charge on any atom is 0.261 e. The van der Waals surface area contributed by atoms with E-state index in [1.54, 1.807) is 20.3 Å². The predicted molar refractivity (Wildman–Crippen MR) is 102 cm³/mol. The number of methoxy groups -OCH3 is 2. The fraction of sp³-hybridized carbons (Fsp3) is 0.381. The summed E-state index contributed by atoms with van der Waals surface area (Å²) < 4.78 is 16.5. The third-order valence-corrected chi connectivity index (χ3v) is 4.12. The van der Waals surface area contributed by atoms with Crippen LogP contribution >= 0.6 is 0 Å². The molecule has 0 aromatic heterocycles. The second-order valence-corrected chi connectivity index (χ2v) is 5.87. The highest BCUT2D eigenvalue weighted by Crippen LogP contribution is 2.27.